The van der Waals surface area contributed by atoms with Gasteiger partial charge in [-0.3, -0.25) is 4.99 Å². The van der Waals surface area contributed by atoms with Crippen molar-refractivity contribution in [3.63, 3.8) is 0 Å². The molecule has 22 heavy (non-hydrogen) atoms. The summed E-state index contributed by atoms with van der Waals surface area (Å²) in [6.45, 7) is 7.36. The molecule has 0 saturated carbocycles. The highest BCUT2D eigenvalue weighted by atomic mass is 127. The quantitative estimate of drug-likeness (QED) is 0.323. The van der Waals surface area contributed by atoms with Crippen molar-refractivity contribution in [3.05, 3.63) is 27.2 Å². The molecule has 5 nitrogen and oxygen atoms in total. The van der Waals surface area contributed by atoms with Gasteiger partial charge in [0.1, 0.15) is 5.01 Å². The van der Waals surface area contributed by atoms with Crippen LogP contribution in [0.15, 0.2) is 16.6 Å². The van der Waals surface area contributed by atoms with Crippen molar-refractivity contribution in [2.24, 2.45) is 4.99 Å². The third-order valence-corrected chi connectivity index (χ3v) is 4.57. The molecule has 0 aliphatic carbocycles. The molecule has 0 bridgehead atoms. The van der Waals surface area contributed by atoms with Crippen molar-refractivity contribution >= 4 is 41.3 Å². The number of aryl methyl sites for hydroxylation is 2. The Morgan fingerprint density at radius 2 is 2.23 bits per heavy atom. The zero-order chi connectivity index (χ0) is 15.1. The lowest BCUT2D eigenvalue weighted by molar-refractivity contribution is 0.153. The number of thiazole rings is 1. The first kappa shape index (κ1) is 19.4. The van der Waals surface area contributed by atoms with Gasteiger partial charge in [0, 0.05) is 18.5 Å². The van der Waals surface area contributed by atoms with Gasteiger partial charge in [-0.15, -0.1) is 35.3 Å². The fraction of sp³-hybridized carbons (Fsp3) is 0.600. The number of hydrogen-bond acceptors (Lipinski definition) is 4. The zero-order valence-electron chi connectivity index (χ0n) is 13.4. The van der Waals surface area contributed by atoms with Gasteiger partial charge in [0.25, 0.3) is 0 Å². The number of hydrogen-bond donors (Lipinski definition) is 2. The van der Waals surface area contributed by atoms with Crippen LogP contribution in [0.1, 0.15) is 28.4 Å². The van der Waals surface area contributed by atoms with E-state index in [0.717, 1.165) is 55.8 Å². The van der Waals surface area contributed by atoms with Gasteiger partial charge >= 0.3 is 0 Å². The highest BCUT2D eigenvalue weighted by molar-refractivity contribution is 14.0. The Labute approximate surface area is 153 Å². The minimum atomic E-state index is 0. The van der Waals surface area contributed by atoms with E-state index in [-0.39, 0.29) is 24.0 Å². The Hall–Kier alpha value is -0.670. The van der Waals surface area contributed by atoms with E-state index >= 15 is 0 Å². The first-order chi connectivity index (χ1) is 10.2. The number of rotatable bonds is 5. The molecule has 0 aromatic carbocycles. The van der Waals surface area contributed by atoms with Crippen LogP contribution < -0.4 is 10.6 Å². The molecular formula is C15H25IN4OS. The fourth-order valence-electron chi connectivity index (χ4n) is 2.13. The van der Waals surface area contributed by atoms with Crippen LogP contribution >= 0.6 is 35.3 Å². The number of guanidine groups is 1. The molecule has 0 spiro atoms. The molecule has 1 aliphatic rings. The molecule has 7 heteroatoms. The second-order valence-corrected chi connectivity index (χ2v) is 6.33. The normalized spacial score (nSPS) is 15.0. The Balaban J connectivity index is 0.00000242. The third-order valence-electron chi connectivity index (χ3n) is 3.50. The molecule has 0 unspecified atom stereocenters. The molecule has 2 rings (SSSR count). The molecule has 2 heterocycles. The van der Waals surface area contributed by atoms with Crippen LogP contribution in [0.4, 0.5) is 0 Å². The van der Waals surface area contributed by atoms with Gasteiger partial charge in [-0.1, -0.05) is 11.6 Å². The Morgan fingerprint density at radius 1 is 1.41 bits per heavy atom. The van der Waals surface area contributed by atoms with Crippen LogP contribution in [0.2, 0.25) is 0 Å². The van der Waals surface area contributed by atoms with Gasteiger partial charge in [0.05, 0.1) is 25.5 Å². The Morgan fingerprint density at radius 3 is 2.82 bits per heavy atom. The van der Waals surface area contributed by atoms with Crippen molar-refractivity contribution in [2.75, 3.05) is 26.8 Å². The fourth-order valence-corrected chi connectivity index (χ4v) is 3.00. The lowest BCUT2D eigenvalue weighted by Crippen LogP contribution is -2.37. The van der Waals surface area contributed by atoms with Crippen LogP contribution in [0.25, 0.3) is 0 Å². The standard InChI is InChI=1S/C15H24N4OS.HI/c1-11-12(2)21-14(19-11)10-18-15(16-3)17-7-4-13-5-8-20-9-6-13;/h5H,4,6-10H2,1-3H3,(H2,16,17,18);1H. The summed E-state index contributed by atoms with van der Waals surface area (Å²) >= 11 is 1.73. The van der Waals surface area contributed by atoms with E-state index < -0.39 is 0 Å². The maximum Gasteiger partial charge on any atom is 0.191 e. The predicted molar refractivity (Wildman–Crippen MR) is 103 cm³/mol. The monoisotopic (exact) mass is 436 g/mol. The second-order valence-electron chi connectivity index (χ2n) is 5.04. The van der Waals surface area contributed by atoms with E-state index in [4.69, 9.17) is 4.74 Å². The van der Waals surface area contributed by atoms with E-state index in [0.29, 0.717) is 0 Å². The Bertz CT molecular complexity index is 508. The van der Waals surface area contributed by atoms with E-state index in [9.17, 15) is 0 Å². The van der Waals surface area contributed by atoms with Crippen molar-refractivity contribution in [1.82, 2.24) is 15.6 Å². The highest BCUT2D eigenvalue weighted by Gasteiger charge is 2.06. The van der Waals surface area contributed by atoms with Crippen LogP contribution in [-0.4, -0.2) is 37.7 Å². The molecular weight excluding hydrogens is 411 g/mol. The summed E-state index contributed by atoms with van der Waals surface area (Å²) in [5.74, 6) is 0.827. The first-order valence-electron chi connectivity index (χ1n) is 7.32. The van der Waals surface area contributed by atoms with Crippen molar-refractivity contribution in [3.8, 4) is 0 Å². The number of aliphatic imine (C=N–C) groups is 1. The van der Waals surface area contributed by atoms with Crippen LogP contribution in [0, 0.1) is 13.8 Å². The number of ether oxygens (including phenoxy) is 1. The minimum Gasteiger partial charge on any atom is -0.377 e. The number of aromatic nitrogens is 1. The maximum atomic E-state index is 5.31. The zero-order valence-corrected chi connectivity index (χ0v) is 16.6. The van der Waals surface area contributed by atoms with Crippen LogP contribution in [0.5, 0.6) is 0 Å². The largest absolute Gasteiger partial charge is 0.377 e. The number of nitrogens with one attached hydrogen (secondary N) is 2. The molecule has 1 aliphatic heterocycles. The average Bonchev–Trinajstić information content (AvgIpc) is 2.82. The minimum absolute atomic E-state index is 0. The lowest BCUT2D eigenvalue weighted by Gasteiger charge is -2.15. The van der Waals surface area contributed by atoms with E-state index in [1.165, 1.54) is 10.5 Å². The highest BCUT2D eigenvalue weighted by Crippen LogP contribution is 2.15. The molecule has 0 saturated heterocycles. The molecule has 0 radical (unpaired) electrons. The van der Waals surface area contributed by atoms with Gasteiger partial charge in [-0.2, -0.15) is 0 Å². The smallest absolute Gasteiger partial charge is 0.191 e. The summed E-state index contributed by atoms with van der Waals surface area (Å²) in [7, 11) is 1.79. The summed E-state index contributed by atoms with van der Waals surface area (Å²) in [5.41, 5.74) is 2.58. The molecule has 1 aromatic heterocycles. The molecule has 2 N–H and O–H groups in total. The summed E-state index contributed by atoms with van der Waals surface area (Å²) in [4.78, 5) is 10.0. The molecule has 0 amide bonds. The molecule has 0 fully saturated rings. The van der Waals surface area contributed by atoms with Crippen LogP contribution in [-0.2, 0) is 11.3 Å². The predicted octanol–water partition coefficient (Wildman–Crippen LogP) is 2.78. The number of halogens is 1. The van der Waals surface area contributed by atoms with Gasteiger partial charge in [-0.05, 0) is 26.7 Å². The first-order valence-corrected chi connectivity index (χ1v) is 8.13. The van der Waals surface area contributed by atoms with Crippen molar-refractivity contribution in [2.45, 2.75) is 33.2 Å². The average molecular weight is 436 g/mol. The summed E-state index contributed by atoms with van der Waals surface area (Å²) in [5, 5.41) is 7.75. The third kappa shape index (κ3) is 6.21. The topological polar surface area (TPSA) is 58.5 Å². The number of nitrogens with zero attached hydrogens (tertiary/aromatic N) is 2. The van der Waals surface area contributed by atoms with Gasteiger partial charge < -0.3 is 15.4 Å². The van der Waals surface area contributed by atoms with E-state index in [1.807, 2.05) is 6.92 Å². The van der Waals surface area contributed by atoms with E-state index in [2.05, 4.69) is 33.6 Å². The van der Waals surface area contributed by atoms with Gasteiger partial charge in [0.15, 0.2) is 5.96 Å². The molecule has 0 atom stereocenters. The second kappa shape index (κ2) is 10.2. The summed E-state index contributed by atoms with van der Waals surface area (Å²) < 4.78 is 5.31. The van der Waals surface area contributed by atoms with Gasteiger partial charge in [0.2, 0.25) is 0 Å². The van der Waals surface area contributed by atoms with Gasteiger partial charge in [-0.25, -0.2) is 4.98 Å². The Kier molecular flexibility index (Phi) is 8.96. The van der Waals surface area contributed by atoms with Crippen LogP contribution in [0.3, 0.4) is 0 Å². The van der Waals surface area contributed by atoms with Crippen molar-refractivity contribution in [1.29, 1.82) is 0 Å². The van der Waals surface area contributed by atoms with Crippen molar-refractivity contribution < 1.29 is 4.74 Å². The lowest BCUT2D eigenvalue weighted by atomic mass is 10.1. The summed E-state index contributed by atoms with van der Waals surface area (Å²) in [6.07, 6.45) is 4.27. The summed E-state index contributed by atoms with van der Waals surface area (Å²) in [6, 6.07) is 0. The molecule has 124 valence electrons. The van der Waals surface area contributed by atoms with E-state index in [1.54, 1.807) is 18.4 Å². The SMILES string of the molecule is CN=C(NCCC1=CCOCC1)NCc1nc(C)c(C)s1.I. The molecule has 1 aromatic rings. The maximum absolute atomic E-state index is 5.31.